The highest BCUT2D eigenvalue weighted by Gasteiger charge is 2.37. The number of allylic oxidation sites excluding steroid dienone is 2. The first kappa shape index (κ1) is 19.8. The lowest BCUT2D eigenvalue weighted by atomic mass is 9.83. The number of alkyl halides is 3. The number of carbonyl (C=O) groups is 1. The number of rotatable bonds is 3. The number of benzene rings is 1. The SMILES string of the molecule is CCOC(=O)C1=C(C)OC(N)=C(C#N)C1c1ccc2c(C(F)(F)F)csc2c1. The molecule has 2 heterocycles. The topological polar surface area (TPSA) is 85.3 Å². The third kappa shape index (κ3) is 3.31. The van der Waals surface area contributed by atoms with Gasteiger partial charge in [-0.05, 0) is 25.5 Å². The first-order valence-electron chi connectivity index (χ1n) is 8.22. The second kappa shape index (κ2) is 7.20. The number of ether oxygens (including phenoxy) is 2. The molecule has 1 aliphatic rings. The van der Waals surface area contributed by atoms with Gasteiger partial charge in [-0.1, -0.05) is 12.1 Å². The van der Waals surface area contributed by atoms with Gasteiger partial charge in [0.05, 0.1) is 23.7 Å². The molecule has 1 aromatic heterocycles. The van der Waals surface area contributed by atoms with Gasteiger partial charge in [0.1, 0.15) is 17.4 Å². The average Bonchev–Trinajstić information content (AvgIpc) is 3.04. The summed E-state index contributed by atoms with van der Waals surface area (Å²) in [5, 5.41) is 10.6. The van der Waals surface area contributed by atoms with Crippen LogP contribution in [0.2, 0.25) is 0 Å². The van der Waals surface area contributed by atoms with Crippen LogP contribution in [0.1, 0.15) is 30.9 Å². The quantitative estimate of drug-likeness (QED) is 0.753. The molecule has 3 rings (SSSR count). The van der Waals surface area contributed by atoms with Gasteiger partial charge in [0.25, 0.3) is 0 Å². The Kier molecular flexibility index (Phi) is 5.08. The van der Waals surface area contributed by atoms with Crippen molar-refractivity contribution in [3.63, 3.8) is 0 Å². The molecular weight excluding hydrogens is 393 g/mol. The number of halogens is 3. The molecule has 0 amide bonds. The van der Waals surface area contributed by atoms with E-state index in [1.54, 1.807) is 6.92 Å². The van der Waals surface area contributed by atoms with E-state index in [1.165, 1.54) is 25.1 Å². The number of nitrogens with zero attached hydrogens (tertiary/aromatic N) is 1. The van der Waals surface area contributed by atoms with Crippen molar-refractivity contribution in [3.05, 3.63) is 57.5 Å². The molecule has 5 nitrogen and oxygen atoms in total. The van der Waals surface area contributed by atoms with Crippen molar-refractivity contribution in [2.45, 2.75) is 25.9 Å². The van der Waals surface area contributed by atoms with E-state index in [4.69, 9.17) is 15.2 Å². The Hall–Kier alpha value is -2.99. The van der Waals surface area contributed by atoms with Gasteiger partial charge in [-0.25, -0.2) is 4.79 Å². The molecule has 0 saturated carbocycles. The highest BCUT2D eigenvalue weighted by molar-refractivity contribution is 7.17. The van der Waals surface area contributed by atoms with Crippen LogP contribution in [-0.2, 0) is 20.4 Å². The van der Waals surface area contributed by atoms with Crippen LogP contribution >= 0.6 is 11.3 Å². The standard InChI is InChI=1S/C19H15F3N2O3S/c1-3-26-18(25)15-9(2)27-17(24)12(7-23)16(15)10-4-5-11-13(19(20,21)22)8-28-14(11)6-10/h4-6,8,16H,3,24H2,1-2H3. The summed E-state index contributed by atoms with van der Waals surface area (Å²) in [6.07, 6.45) is -4.47. The van der Waals surface area contributed by atoms with Crippen molar-refractivity contribution in [1.29, 1.82) is 5.26 Å². The summed E-state index contributed by atoms with van der Waals surface area (Å²) < 4.78 is 50.2. The predicted molar refractivity (Wildman–Crippen MR) is 96.8 cm³/mol. The highest BCUT2D eigenvalue weighted by atomic mass is 32.1. The van der Waals surface area contributed by atoms with E-state index in [-0.39, 0.29) is 34.8 Å². The molecule has 0 spiro atoms. The monoisotopic (exact) mass is 408 g/mol. The summed E-state index contributed by atoms with van der Waals surface area (Å²) in [6.45, 7) is 3.27. The second-order valence-electron chi connectivity index (χ2n) is 6.02. The van der Waals surface area contributed by atoms with Crippen LogP contribution in [0.5, 0.6) is 0 Å². The van der Waals surface area contributed by atoms with Gasteiger partial charge in [0.2, 0.25) is 5.88 Å². The van der Waals surface area contributed by atoms with Crippen LogP contribution in [0, 0.1) is 11.3 Å². The third-order valence-electron chi connectivity index (χ3n) is 4.34. The lowest BCUT2D eigenvalue weighted by Crippen LogP contribution is -2.25. The largest absolute Gasteiger partial charge is 0.463 e. The summed E-state index contributed by atoms with van der Waals surface area (Å²) >= 11 is 0.936. The Morgan fingerprint density at radius 1 is 1.43 bits per heavy atom. The fraction of sp³-hybridized carbons (Fsp3) is 0.263. The van der Waals surface area contributed by atoms with Crippen molar-refractivity contribution < 1.29 is 27.4 Å². The molecule has 1 unspecified atom stereocenters. The molecule has 9 heteroatoms. The molecule has 0 radical (unpaired) electrons. The van der Waals surface area contributed by atoms with E-state index in [0.717, 1.165) is 16.7 Å². The molecule has 1 aliphatic heterocycles. The average molecular weight is 408 g/mol. The molecule has 0 bridgehead atoms. The number of hydrogen-bond donors (Lipinski definition) is 1. The Morgan fingerprint density at radius 3 is 2.75 bits per heavy atom. The molecule has 1 atom stereocenters. The molecule has 28 heavy (non-hydrogen) atoms. The molecule has 2 N–H and O–H groups in total. The zero-order chi connectivity index (χ0) is 20.6. The van der Waals surface area contributed by atoms with Gasteiger partial charge in [0.15, 0.2) is 0 Å². The fourth-order valence-electron chi connectivity index (χ4n) is 3.13. The van der Waals surface area contributed by atoms with Crippen LogP contribution < -0.4 is 5.73 Å². The summed E-state index contributed by atoms with van der Waals surface area (Å²) in [5.41, 5.74) is 5.65. The summed E-state index contributed by atoms with van der Waals surface area (Å²) in [5.74, 6) is -1.53. The molecule has 146 valence electrons. The highest BCUT2D eigenvalue weighted by Crippen LogP contribution is 2.43. The van der Waals surface area contributed by atoms with Crippen molar-refractivity contribution in [2.24, 2.45) is 5.73 Å². The maximum atomic E-state index is 13.1. The van der Waals surface area contributed by atoms with Crippen LogP contribution in [0.4, 0.5) is 13.2 Å². The Labute approximate surface area is 162 Å². The maximum absolute atomic E-state index is 13.1. The van der Waals surface area contributed by atoms with Crippen LogP contribution in [0.15, 0.2) is 46.4 Å². The number of esters is 1. The summed E-state index contributed by atoms with van der Waals surface area (Å²) in [4.78, 5) is 12.5. The van der Waals surface area contributed by atoms with Crippen molar-refractivity contribution in [3.8, 4) is 6.07 Å². The van der Waals surface area contributed by atoms with E-state index in [0.29, 0.717) is 10.3 Å². The van der Waals surface area contributed by atoms with Crippen LogP contribution in [0.3, 0.4) is 0 Å². The Morgan fingerprint density at radius 2 is 2.14 bits per heavy atom. The minimum atomic E-state index is -4.47. The smallest absolute Gasteiger partial charge is 0.417 e. The number of hydrogen-bond acceptors (Lipinski definition) is 6. The van der Waals surface area contributed by atoms with Gasteiger partial charge in [-0.15, -0.1) is 11.3 Å². The number of carbonyl (C=O) groups excluding carboxylic acids is 1. The maximum Gasteiger partial charge on any atom is 0.417 e. The summed E-state index contributed by atoms with van der Waals surface area (Å²) in [7, 11) is 0. The summed E-state index contributed by atoms with van der Waals surface area (Å²) in [6, 6.07) is 6.26. The van der Waals surface area contributed by atoms with Gasteiger partial charge in [-0.3, -0.25) is 0 Å². The fourth-order valence-corrected chi connectivity index (χ4v) is 4.15. The lowest BCUT2D eigenvalue weighted by molar-refractivity contribution is -0.139. The normalized spacial score (nSPS) is 17.5. The van der Waals surface area contributed by atoms with Gasteiger partial charge in [0, 0.05) is 15.5 Å². The van der Waals surface area contributed by atoms with Crippen molar-refractivity contribution in [1.82, 2.24) is 0 Å². The zero-order valence-electron chi connectivity index (χ0n) is 14.9. The third-order valence-corrected chi connectivity index (χ3v) is 5.28. The van der Waals surface area contributed by atoms with Crippen LogP contribution in [0.25, 0.3) is 10.1 Å². The minimum absolute atomic E-state index is 0.000559. The number of fused-ring (bicyclic) bond motifs is 1. The van der Waals surface area contributed by atoms with E-state index in [1.807, 2.05) is 6.07 Å². The molecule has 2 aromatic rings. The lowest BCUT2D eigenvalue weighted by Gasteiger charge is -2.26. The molecule has 0 aliphatic carbocycles. The minimum Gasteiger partial charge on any atom is -0.463 e. The number of thiophene rings is 1. The van der Waals surface area contributed by atoms with Gasteiger partial charge in [-0.2, -0.15) is 18.4 Å². The van der Waals surface area contributed by atoms with E-state index < -0.39 is 23.6 Å². The van der Waals surface area contributed by atoms with E-state index in [9.17, 15) is 23.2 Å². The van der Waals surface area contributed by atoms with E-state index >= 15 is 0 Å². The molecular formula is C19H15F3N2O3S. The number of nitriles is 1. The first-order chi connectivity index (χ1) is 13.2. The molecule has 0 fully saturated rings. The van der Waals surface area contributed by atoms with Crippen molar-refractivity contribution >= 4 is 27.4 Å². The first-order valence-corrected chi connectivity index (χ1v) is 9.10. The van der Waals surface area contributed by atoms with Crippen molar-refractivity contribution in [2.75, 3.05) is 6.61 Å². The van der Waals surface area contributed by atoms with E-state index in [2.05, 4.69) is 0 Å². The van der Waals surface area contributed by atoms with Crippen LogP contribution in [-0.4, -0.2) is 12.6 Å². The van der Waals surface area contributed by atoms with Gasteiger partial charge >= 0.3 is 12.1 Å². The number of nitrogens with two attached hydrogens (primary N) is 1. The molecule has 1 aromatic carbocycles. The Balaban J connectivity index is 2.18. The zero-order valence-corrected chi connectivity index (χ0v) is 15.7. The van der Waals surface area contributed by atoms with Gasteiger partial charge < -0.3 is 15.2 Å². The second-order valence-corrected chi connectivity index (χ2v) is 6.93. The molecule has 0 saturated heterocycles. The predicted octanol–water partition coefficient (Wildman–Crippen LogP) is 4.56. The Bertz CT molecular complexity index is 1060.